The number of anilines is 2. The summed E-state index contributed by atoms with van der Waals surface area (Å²) in [6, 6.07) is 5.38. The third-order valence-corrected chi connectivity index (χ3v) is 5.92. The Balaban J connectivity index is 1.38. The van der Waals surface area contributed by atoms with Crippen LogP contribution in [-0.4, -0.2) is 42.4 Å². The minimum atomic E-state index is 0.258. The minimum absolute atomic E-state index is 0.258. The number of morpholine rings is 1. The van der Waals surface area contributed by atoms with Crippen LogP contribution in [-0.2, 0) is 4.74 Å². The molecule has 1 aliphatic heterocycles. The number of nitrogens with two attached hydrogens (primary N) is 1. The van der Waals surface area contributed by atoms with Crippen molar-refractivity contribution in [3.8, 4) is 0 Å². The lowest BCUT2D eigenvalue weighted by molar-refractivity contribution is -0.00546. The molecule has 1 spiro atoms. The SMILES string of the molecule is Cc1nc(N2C[C@H](C)O[C@@H](C)C2)ccc1NC1CC2(CC(N)C2)C1. The van der Waals surface area contributed by atoms with Crippen LogP contribution in [0.4, 0.5) is 11.5 Å². The van der Waals surface area contributed by atoms with Gasteiger partial charge in [0.2, 0.25) is 0 Å². The number of hydrogen-bond acceptors (Lipinski definition) is 5. The highest BCUT2D eigenvalue weighted by atomic mass is 16.5. The fraction of sp³-hybridized carbons (Fsp3) is 0.737. The molecule has 2 saturated carbocycles. The molecule has 3 aliphatic rings. The Morgan fingerprint density at radius 1 is 1.17 bits per heavy atom. The second-order valence-electron chi connectivity index (χ2n) is 8.38. The molecule has 3 N–H and O–H groups in total. The summed E-state index contributed by atoms with van der Waals surface area (Å²) in [6.45, 7) is 8.19. The molecule has 1 aromatic rings. The number of aryl methyl sites for hydroxylation is 1. The number of hydrogen-bond donors (Lipinski definition) is 2. The van der Waals surface area contributed by atoms with Crippen molar-refractivity contribution in [3.63, 3.8) is 0 Å². The van der Waals surface area contributed by atoms with Crippen molar-refractivity contribution < 1.29 is 4.74 Å². The summed E-state index contributed by atoms with van der Waals surface area (Å²) in [5.74, 6) is 1.06. The van der Waals surface area contributed by atoms with Crippen LogP contribution in [0.3, 0.4) is 0 Å². The minimum Gasteiger partial charge on any atom is -0.381 e. The highest BCUT2D eigenvalue weighted by Gasteiger charge is 2.51. The first-order valence-electron chi connectivity index (χ1n) is 9.33. The summed E-state index contributed by atoms with van der Waals surface area (Å²) in [5, 5.41) is 3.69. The third-order valence-electron chi connectivity index (χ3n) is 5.92. The van der Waals surface area contributed by atoms with Crippen LogP contribution < -0.4 is 16.0 Å². The molecule has 132 valence electrons. The van der Waals surface area contributed by atoms with E-state index in [0.29, 0.717) is 17.5 Å². The molecule has 3 fully saturated rings. The molecular formula is C19H30N4O. The van der Waals surface area contributed by atoms with Gasteiger partial charge in [-0.2, -0.15) is 0 Å². The highest BCUT2D eigenvalue weighted by molar-refractivity contribution is 5.54. The van der Waals surface area contributed by atoms with E-state index < -0.39 is 0 Å². The van der Waals surface area contributed by atoms with Crippen molar-refractivity contribution in [2.75, 3.05) is 23.3 Å². The summed E-state index contributed by atoms with van der Waals surface area (Å²) in [6.07, 6.45) is 5.48. The van der Waals surface area contributed by atoms with Gasteiger partial charge in [-0.3, -0.25) is 0 Å². The fourth-order valence-electron chi connectivity index (χ4n) is 4.93. The third kappa shape index (κ3) is 3.00. The summed E-state index contributed by atoms with van der Waals surface area (Å²) >= 11 is 0. The Morgan fingerprint density at radius 3 is 2.42 bits per heavy atom. The van der Waals surface area contributed by atoms with E-state index >= 15 is 0 Å². The molecule has 0 aromatic carbocycles. The first kappa shape index (κ1) is 16.2. The van der Waals surface area contributed by atoms with Gasteiger partial charge in [0.25, 0.3) is 0 Å². The van der Waals surface area contributed by atoms with Crippen molar-refractivity contribution in [2.45, 2.75) is 70.7 Å². The number of nitrogens with zero attached hydrogens (tertiary/aromatic N) is 2. The van der Waals surface area contributed by atoms with Crippen molar-refractivity contribution in [2.24, 2.45) is 11.1 Å². The predicted molar refractivity (Wildman–Crippen MR) is 97.5 cm³/mol. The van der Waals surface area contributed by atoms with Crippen molar-refractivity contribution in [3.05, 3.63) is 17.8 Å². The zero-order valence-electron chi connectivity index (χ0n) is 15.1. The highest BCUT2D eigenvalue weighted by Crippen LogP contribution is 2.55. The molecule has 5 heteroatoms. The van der Waals surface area contributed by atoms with E-state index in [4.69, 9.17) is 15.5 Å². The molecule has 2 heterocycles. The lowest BCUT2D eigenvalue weighted by atomic mass is 9.52. The van der Waals surface area contributed by atoms with Crippen LogP contribution in [0.2, 0.25) is 0 Å². The zero-order valence-corrected chi connectivity index (χ0v) is 15.1. The van der Waals surface area contributed by atoms with Gasteiger partial charge < -0.3 is 20.7 Å². The smallest absolute Gasteiger partial charge is 0.129 e. The molecule has 1 saturated heterocycles. The van der Waals surface area contributed by atoms with Crippen LogP contribution >= 0.6 is 0 Å². The van der Waals surface area contributed by atoms with Gasteiger partial charge in [-0.15, -0.1) is 0 Å². The molecule has 0 amide bonds. The van der Waals surface area contributed by atoms with Crippen molar-refractivity contribution in [1.29, 1.82) is 0 Å². The first-order valence-corrected chi connectivity index (χ1v) is 9.33. The number of nitrogens with one attached hydrogen (secondary N) is 1. The van der Waals surface area contributed by atoms with Gasteiger partial charge in [-0.1, -0.05) is 0 Å². The van der Waals surface area contributed by atoms with Gasteiger partial charge >= 0.3 is 0 Å². The van der Waals surface area contributed by atoms with Crippen molar-refractivity contribution >= 4 is 11.5 Å². The van der Waals surface area contributed by atoms with E-state index in [-0.39, 0.29) is 12.2 Å². The average Bonchev–Trinajstić information content (AvgIpc) is 2.44. The molecule has 24 heavy (non-hydrogen) atoms. The van der Waals surface area contributed by atoms with Crippen LogP contribution in [0, 0.1) is 12.3 Å². The van der Waals surface area contributed by atoms with Crippen LogP contribution in [0.15, 0.2) is 12.1 Å². The Morgan fingerprint density at radius 2 is 1.83 bits per heavy atom. The second kappa shape index (κ2) is 5.88. The maximum absolute atomic E-state index is 5.95. The predicted octanol–water partition coefficient (Wildman–Crippen LogP) is 2.69. The molecule has 2 atom stereocenters. The quantitative estimate of drug-likeness (QED) is 0.892. The molecule has 0 unspecified atom stereocenters. The topological polar surface area (TPSA) is 63.4 Å². The summed E-state index contributed by atoms with van der Waals surface area (Å²) in [7, 11) is 0. The van der Waals surface area contributed by atoms with E-state index in [0.717, 1.165) is 24.6 Å². The van der Waals surface area contributed by atoms with Gasteiger partial charge in [-0.25, -0.2) is 4.98 Å². The maximum atomic E-state index is 5.95. The molecule has 4 rings (SSSR count). The molecule has 5 nitrogen and oxygen atoms in total. The Kier molecular flexibility index (Phi) is 3.96. The maximum Gasteiger partial charge on any atom is 0.129 e. The molecule has 2 aliphatic carbocycles. The van der Waals surface area contributed by atoms with Gasteiger partial charge in [0.1, 0.15) is 5.82 Å². The normalized spacial score (nSPS) is 38.6. The monoisotopic (exact) mass is 330 g/mol. The first-order chi connectivity index (χ1) is 11.4. The van der Waals surface area contributed by atoms with Gasteiger partial charge in [0.15, 0.2) is 0 Å². The van der Waals surface area contributed by atoms with Gasteiger partial charge in [-0.05, 0) is 64.0 Å². The van der Waals surface area contributed by atoms with Crippen molar-refractivity contribution in [1.82, 2.24) is 4.98 Å². The standard InChI is InChI=1S/C19H30N4O/c1-12-10-23(11-13(2)24-12)18-5-4-17(14(3)21-18)22-16-8-19(9-16)6-15(20)7-19/h4-5,12-13,15-16,22H,6-11,20H2,1-3H3/t12-,13-,15?,16?,19?/m0/s1. The summed E-state index contributed by atoms with van der Waals surface area (Å²) < 4.78 is 5.82. The Labute approximate surface area is 145 Å². The second-order valence-corrected chi connectivity index (χ2v) is 8.38. The molecule has 1 aromatic heterocycles. The van der Waals surface area contributed by atoms with Crippen LogP contribution in [0.5, 0.6) is 0 Å². The number of ether oxygens (including phenoxy) is 1. The molecule has 0 bridgehead atoms. The van der Waals surface area contributed by atoms with E-state index in [1.54, 1.807) is 0 Å². The van der Waals surface area contributed by atoms with Gasteiger partial charge in [0, 0.05) is 25.2 Å². The zero-order chi connectivity index (χ0) is 16.9. The molecular weight excluding hydrogens is 300 g/mol. The van der Waals surface area contributed by atoms with E-state index in [1.165, 1.54) is 31.4 Å². The summed E-state index contributed by atoms with van der Waals surface area (Å²) in [5.41, 5.74) is 8.78. The van der Waals surface area contributed by atoms with E-state index in [1.807, 2.05) is 0 Å². The number of pyridine rings is 1. The summed E-state index contributed by atoms with van der Waals surface area (Å²) in [4.78, 5) is 7.18. The lowest BCUT2D eigenvalue weighted by Crippen LogP contribution is -2.57. The van der Waals surface area contributed by atoms with Crippen LogP contribution in [0.1, 0.15) is 45.2 Å². The van der Waals surface area contributed by atoms with E-state index in [9.17, 15) is 0 Å². The van der Waals surface area contributed by atoms with Gasteiger partial charge in [0.05, 0.1) is 23.6 Å². The largest absolute Gasteiger partial charge is 0.381 e. The fourth-order valence-corrected chi connectivity index (χ4v) is 4.93. The Hall–Kier alpha value is -1.33. The molecule has 0 radical (unpaired) electrons. The number of rotatable bonds is 3. The number of aromatic nitrogens is 1. The van der Waals surface area contributed by atoms with E-state index in [2.05, 4.69) is 43.1 Å². The lowest BCUT2D eigenvalue weighted by Gasteiger charge is -2.57. The Bertz CT molecular complexity index is 595. The van der Waals surface area contributed by atoms with Crippen LogP contribution in [0.25, 0.3) is 0 Å². The average molecular weight is 330 g/mol.